The molecule has 0 saturated carbocycles. The minimum atomic E-state index is -0.292. The number of allylic oxidation sites excluding steroid dienone is 1. The molecule has 7 nitrogen and oxygen atoms in total. The van der Waals surface area contributed by atoms with Crippen molar-refractivity contribution in [1.82, 2.24) is 25.1 Å². The van der Waals surface area contributed by atoms with E-state index in [1.807, 2.05) is 0 Å². The highest BCUT2D eigenvalue weighted by atomic mass is 19.1. The van der Waals surface area contributed by atoms with Crippen LogP contribution in [0.25, 0.3) is 5.69 Å². The molecule has 1 atom stereocenters. The van der Waals surface area contributed by atoms with Gasteiger partial charge in [0.1, 0.15) is 17.9 Å². The summed E-state index contributed by atoms with van der Waals surface area (Å²) in [7, 11) is 3.24. The number of carbonyl (C=O) groups excluding carboxylic acids is 1. The van der Waals surface area contributed by atoms with E-state index in [1.54, 1.807) is 48.4 Å². The lowest BCUT2D eigenvalue weighted by atomic mass is 9.95. The molecule has 0 aliphatic rings. The number of halogens is 1. The van der Waals surface area contributed by atoms with E-state index in [1.165, 1.54) is 30.3 Å². The van der Waals surface area contributed by atoms with E-state index >= 15 is 0 Å². The van der Waals surface area contributed by atoms with Crippen molar-refractivity contribution in [2.75, 3.05) is 20.7 Å². The van der Waals surface area contributed by atoms with Crippen LogP contribution in [0, 0.1) is 5.82 Å². The summed E-state index contributed by atoms with van der Waals surface area (Å²) < 4.78 is 20.1. The molecular formula is C21H22FN5O2. The van der Waals surface area contributed by atoms with Gasteiger partial charge in [0, 0.05) is 19.5 Å². The molecule has 3 rings (SSSR count). The third kappa shape index (κ3) is 4.66. The van der Waals surface area contributed by atoms with Crippen LogP contribution in [0.5, 0.6) is 5.75 Å². The number of rotatable bonds is 8. The van der Waals surface area contributed by atoms with Crippen molar-refractivity contribution in [3.8, 4) is 11.4 Å². The molecule has 0 aliphatic heterocycles. The number of benzene rings is 2. The van der Waals surface area contributed by atoms with Crippen molar-refractivity contribution in [3.63, 3.8) is 0 Å². The van der Waals surface area contributed by atoms with E-state index in [9.17, 15) is 9.18 Å². The van der Waals surface area contributed by atoms with Gasteiger partial charge in [-0.25, -0.2) is 9.07 Å². The number of ether oxygens (including phenoxy) is 1. The summed E-state index contributed by atoms with van der Waals surface area (Å²) in [6.07, 6.45) is 3.91. The van der Waals surface area contributed by atoms with Crippen molar-refractivity contribution < 1.29 is 13.9 Å². The minimum Gasteiger partial charge on any atom is -0.496 e. The molecule has 0 fully saturated rings. The minimum absolute atomic E-state index is 0.00394. The molecule has 29 heavy (non-hydrogen) atoms. The van der Waals surface area contributed by atoms with Crippen LogP contribution in [0.1, 0.15) is 28.3 Å². The number of amides is 1. The molecule has 2 aromatic carbocycles. The van der Waals surface area contributed by atoms with Crippen molar-refractivity contribution in [2.45, 2.75) is 12.3 Å². The summed E-state index contributed by atoms with van der Waals surface area (Å²) in [4.78, 5) is 14.8. The van der Waals surface area contributed by atoms with Crippen LogP contribution in [0.3, 0.4) is 0 Å². The molecule has 1 heterocycles. The highest BCUT2D eigenvalue weighted by molar-refractivity contribution is 5.97. The van der Waals surface area contributed by atoms with E-state index in [2.05, 4.69) is 22.1 Å². The van der Waals surface area contributed by atoms with E-state index < -0.39 is 0 Å². The first-order valence-corrected chi connectivity index (χ1v) is 9.06. The quantitative estimate of drug-likeness (QED) is 0.548. The maximum atomic E-state index is 13.3. The topological polar surface area (TPSA) is 73.1 Å². The second kappa shape index (κ2) is 9.09. The number of likely N-dealkylation sites (N-methyl/N-ethyl adjacent to an activating group) is 1. The first-order chi connectivity index (χ1) is 14.0. The lowest BCUT2D eigenvalue weighted by molar-refractivity contribution is 0.0783. The summed E-state index contributed by atoms with van der Waals surface area (Å²) in [5.74, 6) is -0.0379. The van der Waals surface area contributed by atoms with Crippen LogP contribution in [-0.4, -0.2) is 51.7 Å². The molecule has 1 aromatic heterocycles. The van der Waals surface area contributed by atoms with Gasteiger partial charge in [-0.15, -0.1) is 11.7 Å². The number of hydrogen-bond donors (Lipinski definition) is 0. The normalized spacial score (nSPS) is 11.7. The zero-order chi connectivity index (χ0) is 20.8. The smallest absolute Gasteiger partial charge is 0.257 e. The molecule has 0 aliphatic carbocycles. The van der Waals surface area contributed by atoms with Gasteiger partial charge in [0.05, 0.1) is 18.4 Å². The van der Waals surface area contributed by atoms with E-state index in [0.717, 1.165) is 5.56 Å². The van der Waals surface area contributed by atoms with Gasteiger partial charge in [-0.1, -0.05) is 18.2 Å². The van der Waals surface area contributed by atoms with Gasteiger partial charge in [-0.3, -0.25) is 4.79 Å². The standard InChI is InChI=1S/C21H22FN5O2/c1-4-5-16(15-6-8-17(22)9-7-15)13-26(2)21(28)19-12-18(10-11-20(19)29-3)27-14-23-24-25-27/h4,6-12,14,16H,1,5,13H2,2-3H3/t16-/m1/s1. The highest BCUT2D eigenvalue weighted by Crippen LogP contribution is 2.26. The summed E-state index contributed by atoms with van der Waals surface area (Å²) in [5.41, 5.74) is 1.99. The first kappa shape index (κ1) is 20.2. The fourth-order valence-corrected chi connectivity index (χ4v) is 3.16. The monoisotopic (exact) mass is 395 g/mol. The van der Waals surface area contributed by atoms with Crippen molar-refractivity contribution in [3.05, 3.63) is 78.4 Å². The van der Waals surface area contributed by atoms with Crippen LogP contribution < -0.4 is 4.74 Å². The predicted octanol–water partition coefficient (Wildman–Crippen LogP) is 3.24. The Labute approximate surface area is 168 Å². The number of carbonyl (C=O) groups is 1. The Bertz CT molecular complexity index is 973. The molecule has 3 aromatic rings. The number of aromatic nitrogens is 4. The van der Waals surface area contributed by atoms with E-state index in [0.29, 0.717) is 30.0 Å². The number of methoxy groups -OCH3 is 1. The second-order valence-electron chi connectivity index (χ2n) is 6.60. The average molecular weight is 395 g/mol. The fourth-order valence-electron chi connectivity index (χ4n) is 3.16. The zero-order valence-electron chi connectivity index (χ0n) is 16.3. The Balaban J connectivity index is 1.85. The first-order valence-electron chi connectivity index (χ1n) is 9.06. The van der Waals surface area contributed by atoms with Gasteiger partial charge in [-0.2, -0.15) is 0 Å². The van der Waals surface area contributed by atoms with Crippen LogP contribution in [0.4, 0.5) is 4.39 Å². The highest BCUT2D eigenvalue weighted by Gasteiger charge is 2.21. The van der Waals surface area contributed by atoms with Crippen LogP contribution in [0.2, 0.25) is 0 Å². The van der Waals surface area contributed by atoms with Gasteiger partial charge in [0.2, 0.25) is 0 Å². The van der Waals surface area contributed by atoms with Crippen molar-refractivity contribution in [1.29, 1.82) is 0 Å². The lowest BCUT2D eigenvalue weighted by Crippen LogP contribution is -2.31. The van der Waals surface area contributed by atoms with E-state index in [-0.39, 0.29) is 17.6 Å². The molecule has 0 N–H and O–H groups in total. The zero-order valence-corrected chi connectivity index (χ0v) is 16.3. The molecule has 0 bridgehead atoms. The fraction of sp³-hybridized carbons (Fsp3) is 0.238. The molecule has 0 saturated heterocycles. The van der Waals surface area contributed by atoms with Gasteiger partial charge in [0.15, 0.2) is 0 Å². The van der Waals surface area contributed by atoms with E-state index in [4.69, 9.17) is 4.74 Å². The van der Waals surface area contributed by atoms with Crippen LogP contribution in [0.15, 0.2) is 61.4 Å². The number of tetrazole rings is 1. The van der Waals surface area contributed by atoms with Gasteiger partial charge in [-0.05, 0) is 52.7 Å². The van der Waals surface area contributed by atoms with Crippen molar-refractivity contribution in [2.24, 2.45) is 0 Å². The molecule has 1 amide bonds. The number of nitrogens with zero attached hydrogens (tertiary/aromatic N) is 5. The molecule has 0 spiro atoms. The molecule has 0 radical (unpaired) electrons. The average Bonchev–Trinajstić information content (AvgIpc) is 3.28. The lowest BCUT2D eigenvalue weighted by Gasteiger charge is -2.25. The number of hydrogen-bond acceptors (Lipinski definition) is 5. The Morgan fingerprint density at radius 1 is 1.31 bits per heavy atom. The summed E-state index contributed by atoms with van der Waals surface area (Å²) >= 11 is 0. The Morgan fingerprint density at radius 2 is 2.07 bits per heavy atom. The predicted molar refractivity (Wildman–Crippen MR) is 107 cm³/mol. The maximum absolute atomic E-state index is 13.3. The third-order valence-electron chi connectivity index (χ3n) is 4.66. The summed E-state index contributed by atoms with van der Waals surface area (Å²) in [5, 5.41) is 11.1. The second-order valence-corrected chi connectivity index (χ2v) is 6.60. The van der Waals surface area contributed by atoms with Crippen LogP contribution >= 0.6 is 0 Å². The SMILES string of the molecule is C=CC[C@H](CN(C)C(=O)c1cc(-n2cnnn2)ccc1OC)c1ccc(F)cc1. The molecule has 8 heteroatoms. The van der Waals surface area contributed by atoms with Crippen molar-refractivity contribution >= 4 is 5.91 Å². The van der Waals surface area contributed by atoms with Gasteiger partial charge in [0.25, 0.3) is 5.91 Å². The maximum Gasteiger partial charge on any atom is 0.257 e. The summed E-state index contributed by atoms with van der Waals surface area (Å²) in [6, 6.07) is 11.5. The van der Waals surface area contributed by atoms with Gasteiger partial charge >= 0.3 is 0 Å². The third-order valence-corrected chi connectivity index (χ3v) is 4.66. The Kier molecular flexibility index (Phi) is 6.33. The van der Waals surface area contributed by atoms with Crippen LogP contribution in [-0.2, 0) is 0 Å². The Hall–Kier alpha value is -3.55. The molecule has 0 unspecified atom stereocenters. The Morgan fingerprint density at radius 3 is 2.69 bits per heavy atom. The summed E-state index contributed by atoms with van der Waals surface area (Å²) in [6.45, 7) is 4.24. The molecular weight excluding hydrogens is 373 g/mol. The van der Waals surface area contributed by atoms with Gasteiger partial charge < -0.3 is 9.64 Å². The molecule has 150 valence electrons. The largest absolute Gasteiger partial charge is 0.496 e.